The van der Waals surface area contributed by atoms with Crippen molar-refractivity contribution in [2.75, 3.05) is 19.6 Å². The van der Waals surface area contributed by atoms with E-state index in [9.17, 15) is 5.11 Å². The molecular weight excluding hydrogens is 278 g/mol. The highest BCUT2D eigenvalue weighted by atomic mass is 79.9. The van der Waals surface area contributed by atoms with Crippen molar-refractivity contribution in [2.45, 2.75) is 32.8 Å². The minimum Gasteiger partial charge on any atom is -0.387 e. The molecule has 0 saturated heterocycles. The Balaban J connectivity index is 2.56. The van der Waals surface area contributed by atoms with Gasteiger partial charge in [-0.05, 0) is 43.6 Å². The second kappa shape index (κ2) is 7.85. The molecule has 96 valence electrons. The third-order valence-corrected chi connectivity index (χ3v) is 3.29. The van der Waals surface area contributed by atoms with Crippen molar-refractivity contribution in [3.05, 3.63) is 34.3 Å². The average Bonchev–Trinajstić information content (AvgIpc) is 2.30. The van der Waals surface area contributed by atoms with Gasteiger partial charge in [0.05, 0.1) is 6.10 Å². The maximum Gasteiger partial charge on any atom is 0.0916 e. The van der Waals surface area contributed by atoms with Crippen LogP contribution in [-0.4, -0.2) is 29.6 Å². The van der Waals surface area contributed by atoms with E-state index in [1.807, 2.05) is 24.3 Å². The molecule has 0 spiro atoms. The smallest absolute Gasteiger partial charge is 0.0916 e. The third-order valence-electron chi connectivity index (χ3n) is 2.77. The molecule has 1 N–H and O–H groups in total. The molecule has 1 aromatic rings. The van der Waals surface area contributed by atoms with Crippen LogP contribution in [0.15, 0.2) is 28.7 Å². The van der Waals surface area contributed by atoms with Crippen LogP contribution in [0.4, 0.5) is 0 Å². The van der Waals surface area contributed by atoms with Crippen LogP contribution in [0.1, 0.15) is 38.4 Å². The van der Waals surface area contributed by atoms with Crippen LogP contribution in [0.25, 0.3) is 0 Å². The van der Waals surface area contributed by atoms with Gasteiger partial charge in [-0.25, -0.2) is 0 Å². The number of aliphatic hydroxyl groups is 1. The predicted molar refractivity (Wildman–Crippen MR) is 76.1 cm³/mol. The van der Waals surface area contributed by atoms with Gasteiger partial charge in [-0.1, -0.05) is 41.9 Å². The van der Waals surface area contributed by atoms with E-state index in [1.54, 1.807) is 0 Å². The van der Waals surface area contributed by atoms with Gasteiger partial charge in [0.15, 0.2) is 0 Å². The first-order valence-corrected chi connectivity index (χ1v) is 7.12. The lowest BCUT2D eigenvalue weighted by Crippen LogP contribution is -2.30. The van der Waals surface area contributed by atoms with Crippen molar-refractivity contribution in [1.29, 1.82) is 0 Å². The molecule has 0 heterocycles. The number of hydrogen-bond donors (Lipinski definition) is 1. The van der Waals surface area contributed by atoms with Gasteiger partial charge in [0.2, 0.25) is 0 Å². The Morgan fingerprint density at radius 3 is 2.12 bits per heavy atom. The van der Waals surface area contributed by atoms with Gasteiger partial charge in [0, 0.05) is 11.0 Å². The highest BCUT2D eigenvalue weighted by molar-refractivity contribution is 9.10. The van der Waals surface area contributed by atoms with Gasteiger partial charge >= 0.3 is 0 Å². The monoisotopic (exact) mass is 299 g/mol. The zero-order valence-corrected chi connectivity index (χ0v) is 12.3. The summed E-state index contributed by atoms with van der Waals surface area (Å²) in [5.41, 5.74) is 0.991. The van der Waals surface area contributed by atoms with E-state index in [2.05, 4.69) is 34.7 Å². The van der Waals surface area contributed by atoms with Crippen LogP contribution in [-0.2, 0) is 0 Å². The molecule has 0 radical (unpaired) electrons. The first kappa shape index (κ1) is 14.7. The summed E-state index contributed by atoms with van der Waals surface area (Å²) in [7, 11) is 0. The molecule has 0 aliphatic heterocycles. The standard InChI is InChI=1S/C14H22BrNO/c1-3-9-16(10-4-2)11-14(17)12-5-7-13(15)8-6-12/h5-8,14,17H,3-4,9-11H2,1-2H3. The molecule has 0 aliphatic carbocycles. The Bertz CT molecular complexity index is 307. The van der Waals surface area contributed by atoms with Gasteiger partial charge in [-0.15, -0.1) is 0 Å². The fraction of sp³-hybridized carbons (Fsp3) is 0.571. The maximum atomic E-state index is 10.2. The van der Waals surface area contributed by atoms with Gasteiger partial charge in [-0.2, -0.15) is 0 Å². The minimum atomic E-state index is -0.388. The summed E-state index contributed by atoms with van der Waals surface area (Å²) < 4.78 is 1.05. The molecule has 3 heteroatoms. The molecule has 17 heavy (non-hydrogen) atoms. The quantitative estimate of drug-likeness (QED) is 0.831. The topological polar surface area (TPSA) is 23.5 Å². The van der Waals surface area contributed by atoms with E-state index in [4.69, 9.17) is 0 Å². The van der Waals surface area contributed by atoms with Crippen molar-refractivity contribution in [3.8, 4) is 0 Å². The van der Waals surface area contributed by atoms with E-state index in [-0.39, 0.29) is 6.10 Å². The molecule has 1 atom stereocenters. The average molecular weight is 300 g/mol. The van der Waals surface area contributed by atoms with Crippen LogP contribution >= 0.6 is 15.9 Å². The van der Waals surface area contributed by atoms with Crippen molar-refractivity contribution < 1.29 is 5.11 Å². The first-order chi connectivity index (χ1) is 8.17. The zero-order chi connectivity index (χ0) is 12.7. The van der Waals surface area contributed by atoms with Gasteiger partial charge in [0.1, 0.15) is 0 Å². The lowest BCUT2D eigenvalue weighted by atomic mass is 10.1. The lowest BCUT2D eigenvalue weighted by molar-refractivity contribution is 0.113. The number of benzene rings is 1. The third kappa shape index (κ3) is 5.19. The molecule has 0 amide bonds. The summed E-state index contributed by atoms with van der Waals surface area (Å²) in [6, 6.07) is 7.90. The summed E-state index contributed by atoms with van der Waals surface area (Å²) in [6.07, 6.45) is 1.88. The van der Waals surface area contributed by atoms with Gasteiger partial charge in [-0.3, -0.25) is 0 Å². The molecule has 0 fully saturated rings. The van der Waals surface area contributed by atoms with Crippen molar-refractivity contribution in [1.82, 2.24) is 4.90 Å². The Morgan fingerprint density at radius 2 is 1.65 bits per heavy atom. The second-order valence-corrected chi connectivity index (χ2v) is 5.28. The molecule has 0 bridgehead atoms. The predicted octanol–water partition coefficient (Wildman–Crippen LogP) is 3.60. The van der Waals surface area contributed by atoms with Crippen LogP contribution in [0.2, 0.25) is 0 Å². The molecule has 1 unspecified atom stereocenters. The Labute approximate surface area is 113 Å². The van der Waals surface area contributed by atoms with Crippen LogP contribution < -0.4 is 0 Å². The van der Waals surface area contributed by atoms with E-state index in [1.165, 1.54) is 0 Å². The highest BCUT2D eigenvalue weighted by Crippen LogP contribution is 2.18. The van der Waals surface area contributed by atoms with E-state index in [0.717, 1.165) is 42.5 Å². The fourth-order valence-electron chi connectivity index (χ4n) is 1.96. The lowest BCUT2D eigenvalue weighted by Gasteiger charge is -2.24. The largest absolute Gasteiger partial charge is 0.387 e. The molecule has 1 rings (SSSR count). The zero-order valence-electron chi connectivity index (χ0n) is 10.7. The van der Waals surface area contributed by atoms with Gasteiger partial charge < -0.3 is 10.0 Å². The highest BCUT2D eigenvalue weighted by Gasteiger charge is 2.12. The summed E-state index contributed by atoms with van der Waals surface area (Å²) in [5.74, 6) is 0. The number of nitrogens with zero attached hydrogens (tertiary/aromatic N) is 1. The summed E-state index contributed by atoms with van der Waals surface area (Å²) in [4.78, 5) is 2.33. The maximum absolute atomic E-state index is 10.2. The van der Waals surface area contributed by atoms with E-state index in [0.29, 0.717) is 0 Å². The van der Waals surface area contributed by atoms with Crippen LogP contribution in [0, 0.1) is 0 Å². The second-order valence-electron chi connectivity index (χ2n) is 4.37. The first-order valence-electron chi connectivity index (χ1n) is 6.33. The molecule has 0 aromatic heterocycles. The Morgan fingerprint density at radius 1 is 1.12 bits per heavy atom. The fourth-order valence-corrected chi connectivity index (χ4v) is 2.23. The van der Waals surface area contributed by atoms with E-state index < -0.39 is 0 Å². The molecule has 2 nitrogen and oxygen atoms in total. The van der Waals surface area contributed by atoms with E-state index >= 15 is 0 Å². The van der Waals surface area contributed by atoms with Crippen molar-refractivity contribution in [3.63, 3.8) is 0 Å². The Hall–Kier alpha value is -0.380. The molecular formula is C14H22BrNO. The molecule has 1 aromatic carbocycles. The molecule has 0 saturated carbocycles. The summed E-state index contributed by atoms with van der Waals surface area (Å²) in [6.45, 7) is 7.19. The number of aliphatic hydroxyl groups excluding tert-OH is 1. The summed E-state index contributed by atoms with van der Waals surface area (Å²) in [5, 5.41) is 10.2. The SMILES string of the molecule is CCCN(CCC)CC(O)c1ccc(Br)cc1. The Kier molecular flexibility index (Phi) is 6.78. The van der Waals surface area contributed by atoms with Crippen LogP contribution in [0.3, 0.4) is 0 Å². The number of rotatable bonds is 7. The number of hydrogen-bond acceptors (Lipinski definition) is 2. The minimum absolute atomic E-state index is 0.388. The normalized spacial score (nSPS) is 13.0. The van der Waals surface area contributed by atoms with Crippen molar-refractivity contribution in [2.24, 2.45) is 0 Å². The van der Waals surface area contributed by atoms with Crippen molar-refractivity contribution >= 4 is 15.9 Å². The summed E-state index contributed by atoms with van der Waals surface area (Å²) >= 11 is 3.40. The number of halogens is 1. The van der Waals surface area contributed by atoms with Gasteiger partial charge in [0.25, 0.3) is 0 Å². The van der Waals surface area contributed by atoms with Crippen LogP contribution in [0.5, 0.6) is 0 Å². The molecule has 0 aliphatic rings.